The summed E-state index contributed by atoms with van der Waals surface area (Å²) in [6.45, 7) is 6.40. The number of carboxylic acid groups (broad SMARTS) is 1. The first-order chi connectivity index (χ1) is 27.6. The molecular formula is C37H42N8O11S3. The fourth-order valence-electron chi connectivity index (χ4n) is 8.12. The number of sulfonamides is 1. The smallest absolute Gasteiger partial charge is 0.341 e. The van der Waals surface area contributed by atoms with Crippen LogP contribution in [0.5, 0.6) is 0 Å². The van der Waals surface area contributed by atoms with E-state index in [0.29, 0.717) is 20.3 Å². The minimum absolute atomic E-state index is 0.247. The Morgan fingerprint density at radius 3 is 1.59 bits per heavy atom. The second kappa shape index (κ2) is 15.0. The zero-order valence-electron chi connectivity index (χ0n) is 32.3. The summed E-state index contributed by atoms with van der Waals surface area (Å²) in [7, 11) is -3.94. The molecule has 9 amide bonds. The Morgan fingerprint density at radius 2 is 1.15 bits per heavy atom. The van der Waals surface area contributed by atoms with Gasteiger partial charge in [-0.05, 0) is 38.8 Å². The summed E-state index contributed by atoms with van der Waals surface area (Å²) in [6, 6.07) is 7.13. The molecular weight excluding hydrogens is 829 g/mol. The summed E-state index contributed by atoms with van der Waals surface area (Å²) in [5.41, 5.74) is 0.697. The van der Waals surface area contributed by atoms with Gasteiger partial charge in [-0.1, -0.05) is 60.7 Å². The molecule has 19 nitrogen and oxygen atoms in total. The van der Waals surface area contributed by atoms with Crippen LogP contribution in [-0.2, 0) is 38.8 Å². The molecule has 0 bridgehead atoms. The number of rotatable bonds is 11. The van der Waals surface area contributed by atoms with Gasteiger partial charge in [-0.25, -0.2) is 32.0 Å². The van der Waals surface area contributed by atoms with Gasteiger partial charge >= 0.3 is 18.0 Å². The number of hydrogen-bond donors (Lipinski definition) is 5. The zero-order valence-corrected chi connectivity index (χ0v) is 34.8. The predicted octanol–water partition coefficient (Wildman–Crippen LogP) is 0.171. The number of nitrogens with zero attached hydrogens (tertiary/aromatic N) is 4. The van der Waals surface area contributed by atoms with Crippen LogP contribution in [0.25, 0.3) is 0 Å². The van der Waals surface area contributed by atoms with Gasteiger partial charge in [0.15, 0.2) is 0 Å². The number of carboxylic acids is 1. The molecule has 5 heterocycles. The Bertz CT molecular complexity index is 2250. The highest BCUT2D eigenvalue weighted by Crippen LogP contribution is 2.52. The van der Waals surface area contributed by atoms with Crippen LogP contribution >= 0.6 is 23.5 Å². The zero-order chi connectivity index (χ0) is 42.9. The first kappa shape index (κ1) is 41.8. The lowest BCUT2D eigenvalue weighted by Gasteiger charge is -2.45. The van der Waals surface area contributed by atoms with Crippen molar-refractivity contribution in [2.24, 2.45) is 0 Å². The van der Waals surface area contributed by atoms with E-state index in [4.69, 9.17) is 0 Å². The number of carbonyl (C=O) groups excluding carboxylic acids is 7. The molecule has 0 aromatic heterocycles. The molecule has 2 aromatic rings. The molecule has 22 heteroatoms. The molecule has 5 fully saturated rings. The maximum atomic E-state index is 14.2. The van der Waals surface area contributed by atoms with Gasteiger partial charge in [0.25, 0.3) is 0 Å². The molecule has 0 radical (unpaired) electrons. The summed E-state index contributed by atoms with van der Waals surface area (Å²) in [4.78, 5) is 110. The van der Waals surface area contributed by atoms with Crippen molar-refractivity contribution in [3.8, 4) is 0 Å². The third-order valence-electron chi connectivity index (χ3n) is 10.9. The summed E-state index contributed by atoms with van der Waals surface area (Å²) >= 11 is 2.50. The quantitative estimate of drug-likeness (QED) is 0.189. The SMILES string of the molecule is CC1(C)S[C@@H]2[C@H](NC(=O)[C@H](NC(=O)C3N4C(=O)[C@@H](NC(=O)[C@H](NC(=O)N5CCN(S(C)(=O)=O)C5=O)c5ccccc5)[C@H]4SC3(C)C)c3ccccc3)C(=O)N2C1C(=O)O. The number of imide groups is 1. The highest BCUT2D eigenvalue weighted by Gasteiger charge is 2.66. The Kier molecular flexibility index (Phi) is 10.7. The minimum Gasteiger partial charge on any atom is -0.480 e. The van der Waals surface area contributed by atoms with Gasteiger partial charge in [-0.15, -0.1) is 23.5 Å². The number of amides is 9. The number of thioether (sulfide) groups is 2. The Labute approximate surface area is 347 Å². The van der Waals surface area contributed by atoms with Crippen molar-refractivity contribution in [2.75, 3.05) is 19.3 Å². The number of urea groups is 2. The van der Waals surface area contributed by atoms with Crippen LogP contribution < -0.4 is 21.3 Å². The highest BCUT2D eigenvalue weighted by molar-refractivity contribution is 8.02. The van der Waals surface area contributed by atoms with Gasteiger partial charge in [0.1, 0.15) is 47.0 Å². The van der Waals surface area contributed by atoms with Gasteiger partial charge in [0.05, 0.1) is 19.3 Å². The number of aliphatic carboxylic acids is 1. The average molecular weight is 871 g/mol. The number of hydrogen-bond acceptors (Lipinski definition) is 12. The van der Waals surface area contributed by atoms with Crippen LogP contribution in [0.3, 0.4) is 0 Å². The third-order valence-corrected chi connectivity index (χ3v) is 15.2. The highest BCUT2D eigenvalue weighted by atomic mass is 32.2. The van der Waals surface area contributed by atoms with Crippen LogP contribution in [0, 0.1) is 0 Å². The lowest BCUT2D eigenvalue weighted by Crippen LogP contribution is -2.72. The van der Waals surface area contributed by atoms with Crippen LogP contribution in [0.1, 0.15) is 50.9 Å². The van der Waals surface area contributed by atoms with E-state index in [1.807, 2.05) is 0 Å². The fraction of sp³-hybridized carbons (Fsp3) is 0.459. The molecule has 0 aliphatic carbocycles. The molecule has 0 saturated carbocycles. The normalized spacial score (nSPS) is 27.4. The second-order valence-electron chi connectivity index (χ2n) is 15.7. The van der Waals surface area contributed by atoms with Crippen molar-refractivity contribution in [3.63, 3.8) is 0 Å². The molecule has 8 atom stereocenters. The van der Waals surface area contributed by atoms with Crippen molar-refractivity contribution in [1.29, 1.82) is 0 Å². The van der Waals surface area contributed by atoms with Crippen molar-refractivity contribution in [3.05, 3.63) is 71.8 Å². The van der Waals surface area contributed by atoms with E-state index in [1.54, 1.807) is 88.4 Å². The number of benzene rings is 2. The summed E-state index contributed by atoms with van der Waals surface area (Å²) < 4.78 is 22.8. The Morgan fingerprint density at radius 1 is 0.712 bits per heavy atom. The van der Waals surface area contributed by atoms with Gasteiger partial charge in [-0.3, -0.25) is 24.0 Å². The second-order valence-corrected chi connectivity index (χ2v) is 21.2. The van der Waals surface area contributed by atoms with E-state index in [1.165, 1.54) is 33.3 Å². The van der Waals surface area contributed by atoms with Crippen molar-refractivity contribution in [1.82, 2.24) is 40.3 Å². The Balaban J connectivity index is 1.05. The van der Waals surface area contributed by atoms with E-state index < -0.39 is 114 Å². The molecule has 0 spiro atoms. The van der Waals surface area contributed by atoms with Gasteiger partial charge < -0.3 is 36.2 Å². The van der Waals surface area contributed by atoms with E-state index >= 15 is 0 Å². The van der Waals surface area contributed by atoms with E-state index in [0.717, 1.165) is 6.26 Å². The van der Waals surface area contributed by atoms with Crippen LogP contribution in [0.2, 0.25) is 0 Å². The van der Waals surface area contributed by atoms with E-state index in [2.05, 4.69) is 21.3 Å². The first-order valence-electron chi connectivity index (χ1n) is 18.5. The largest absolute Gasteiger partial charge is 0.480 e. The van der Waals surface area contributed by atoms with Gasteiger partial charge in [-0.2, -0.15) is 0 Å². The molecule has 59 heavy (non-hydrogen) atoms. The van der Waals surface area contributed by atoms with Crippen LogP contribution in [0.4, 0.5) is 9.59 Å². The average Bonchev–Trinajstić information content (AvgIpc) is 3.79. The van der Waals surface area contributed by atoms with Crippen molar-refractivity contribution < 1.29 is 51.9 Å². The number of fused-ring (bicyclic) bond motifs is 2. The summed E-state index contributed by atoms with van der Waals surface area (Å²) in [6.07, 6.45) is 0.835. The lowest BCUT2D eigenvalue weighted by molar-refractivity contribution is -0.161. The fourth-order valence-corrected chi connectivity index (χ4v) is 12.2. The number of β-lactam (4-membered cyclic amide) rings is 2. The van der Waals surface area contributed by atoms with Gasteiger partial charge in [0.2, 0.25) is 39.6 Å². The monoisotopic (exact) mass is 870 g/mol. The third kappa shape index (κ3) is 7.34. The molecule has 2 aromatic carbocycles. The molecule has 7 rings (SSSR count). The summed E-state index contributed by atoms with van der Waals surface area (Å²) in [5, 5.41) is 19.1. The number of carbonyl (C=O) groups is 8. The maximum Gasteiger partial charge on any atom is 0.341 e. The standard InChI is InChI=1S/C37H42N8O11S3/c1-36(2)24(28(48)38-20(18-12-8-6-9-13-18)26(46)39-23-30(50)45-25(33(51)52)37(3,4)58-32(23)45)44-29(49)22(31(44)57-36)40-27(47)21(19-14-10-7-11-15-19)41-34(53)42-16-17-43(35(42)54)59(5,55)56/h6-15,20-25,31-32H,16-17H2,1-5H3,(H,38,48)(H,39,46)(H,40,47)(H,41,53)(H,51,52)/t20-,21-,22-,23-,24?,25?,31-,32-/m1/s1. The van der Waals surface area contributed by atoms with Crippen molar-refractivity contribution >= 4 is 81.1 Å². The van der Waals surface area contributed by atoms with Gasteiger partial charge in [0, 0.05) is 9.49 Å². The molecule has 314 valence electrons. The molecule has 5 aliphatic heterocycles. The molecule has 5 N–H and O–H groups in total. The molecule has 5 aliphatic rings. The lowest BCUT2D eigenvalue weighted by atomic mass is 9.93. The summed E-state index contributed by atoms with van der Waals surface area (Å²) in [5.74, 6) is -4.51. The van der Waals surface area contributed by atoms with Crippen molar-refractivity contribution in [2.45, 2.75) is 84.2 Å². The van der Waals surface area contributed by atoms with E-state index in [9.17, 15) is 51.9 Å². The minimum atomic E-state index is -3.94. The Hall–Kier alpha value is -5.35. The van der Waals surface area contributed by atoms with Crippen LogP contribution in [-0.4, -0.2) is 144 Å². The molecule has 5 saturated heterocycles. The maximum absolute atomic E-state index is 14.2. The number of nitrogens with one attached hydrogen (secondary N) is 4. The van der Waals surface area contributed by atoms with E-state index in [-0.39, 0.29) is 13.1 Å². The molecule has 2 unspecified atom stereocenters. The van der Waals surface area contributed by atoms with Crippen LogP contribution in [0.15, 0.2) is 60.7 Å². The first-order valence-corrected chi connectivity index (χ1v) is 22.1. The topological polar surface area (TPSA) is 252 Å². The predicted molar refractivity (Wildman–Crippen MR) is 212 cm³/mol.